The van der Waals surface area contributed by atoms with Gasteiger partial charge in [0.05, 0.1) is 33.0 Å². The number of nitrogens with zero attached hydrogens (tertiary/aromatic N) is 1. The minimum absolute atomic E-state index is 0.0213. The Morgan fingerprint density at radius 3 is 1.28 bits per heavy atom. The number of carbonyl (C=O) groups is 2. The summed E-state index contributed by atoms with van der Waals surface area (Å²) in [5, 5.41) is 9.09. The molecule has 1 amide bonds. The van der Waals surface area contributed by atoms with E-state index in [2.05, 4.69) is 27.7 Å². The molecule has 0 fully saturated rings. The summed E-state index contributed by atoms with van der Waals surface area (Å²) in [6.45, 7) is 11.8. The molecule has 0 aromatic carbocycles. The largest absolute Gasteiger partial charge is 0.466 e. The first-order valence-corrected chi connectivity index (χ1v) is 25.3. The molecular weight excluding hydrogens is 711 g/mol. The zero-order valence-corrected chi connectivity index (χ0v) is 38.8. The van der Waals surface area contributed by atoms with Gasteiger partial charge in [-0.3, -0.25) is 4.79 Å². The Morgan fingerprint density at radius 2 is 0.807 bits per heavy atom. The smallest absolute Gasteiger partial charge is 0.409 e. The van der Waals surface area contributed by atoms with Crippen LogP contribution in [0.2, 0.25) is 0 Å². The van der Waals surface area contributed by atoms with Crippen LogP contribution < -0.4 is 0 Å². The highest BCUT2D eigenvalue weighted by Gasteiger charge is 2.16. The Kier molecular flexibility index (Phi) is 44.7. The summed E-state index contributed by atoms with van der Waals surface area (Å²) < 4.78 is 16.9. The molecule has 0 bridgehead atoms. The summed E-state index contributed by atoms with van der Waals surface area (Å²) in [4.78, 5) is 27.5. The highest BCUT2D eigenvalue weighted by Crippen LogP contribution is 2.25. The van der Waals surface area contributed by atoms with Crippen LogP contribution in [0.1, 0.15) is 252 Å². The average Bonchev–Trinajstić information content (AvgIpc) is 3.21. The maximum Gasteiger partial charge on any atom is 0.409 e. The molecule has 2 unspecified atom stereocenters. The van der Waals surface area contributed by atoms with Crippen LogP contribution in [0.25, 0.3) is 0 Å². The molecule has 0 aromatic heterocycles. The quantitative estimate of drug-likeness (QED) is 0.0487. The molecule has 0 radical (unpaired) electrons. The number of hydrogen-bond donors (Lipinski definition) is 1. The second kappa shape index (κ2) is 45.7. The van der Waals surface area contributed by atoms with E-state index in [1.165, 1.54) is 167 Å². The van der Waals surface area contributed by atoms with Gasteiger partial charge < -0.3 is 24.2 Å². The third-order valence-corrected chi connectivity index (χ3v) is 11.9. The van der Waals surface area contributed by atoms with Crippen LogP contribution >= 0.6 is 0 Å². The average molecular weight is 810 g/mol. The lowest BCUT2D eigenvalue weighted by Crippen LogP contribution is -2.35. The van der Waals surface area contributed by atoms with Crippen molar-refractivity contribution < 1.29 is 28.9 Å². The standard InChI is InChI=1S/C50H99NO6/c1-5-9-13-17-20-28-35-47(34-26-15-11-7-3)36-29-22-19-24-33-43-57-50(54)51(40-44-55-45-41-52)39-31-23-25-32-42-56-49(53)46-48(37-27-16-12-8-4)38-30-21-18-14-10-6-2/h47-48,52H,5-46H2,1-4H3. The highest BCUT2D eigenvalue weighted by atomic mass is 16.6. The first-order chi connectivity index (χ1) is 28.0. The van der Waals surface area contributed by atoms with Gasteiger partial charge in [-0.2, -0.15) is 0 Å². The molecule has 0 heterocycles. The Morgan fingerprint density at radius 1 is 0.421 bits per heavy atom. The van der Waals surface area contributed by atoms with Crippen LogP contribution in [-0.2, 0) is 19.0 Å². The van der Waals surface area contributed by atoms with Gasteiger partial charge in [0.15, 0.2) is 0 Å². The SMILES string of the molecule is CCCCCCCCC(CCCCCC)CCCCCCCOC(=O)N(CCCCCCOC(=O)CC(CCCCCC)CCCCCCCC)CCOCCO. The zero-order chi connectivity index (χ0) is 41.7. The van der Waals surface area contributed by atoms with E-state index in [1.807, 2.05) is 0 Å². The second-order valence-electron chi connectivity index (χ2n) is 17.4. The fourth-order valence-electron chi connectivity index (χ4n) is 8.12. The molecule has 0 aliphatic heterocycles. The monoisotopic (exact) mass is 810 g/mol. The molecule has 0 saturated heterocycles. The maximum absolute atomic E-state index is 13.0. The number of esters is 1. The van der Waals surface area contributed by atoms with Crippen molar-refractivity contribution >= 4 is 12.1 Å². The van der Waals surface area contributed by atoms with E-state index in [4.69, 9.17) is 19.3 Å². The minimum atomic E-state index is -0.262. The molecule has 7 heteroatoms. The van der Waals surface area contributed by atoms with E-state index in [9.17, 15) is 9.59 Å². The van der Waals surface area contributed by atoms with Crippen molar-refractivity contribution in [1.29, 1.82) is 0 Å². The van der Waals surface area contributed by atoms with Crippen LogP contribution in [0.15, 0.2) is 0 Å². The first kappa shape index (κ1) is 55.7. The number of hydrogen-bond acceptors (Lipinski definition) is 6. The molecule has 0 aromatic rings. The van der Waals surface area contributed by atoms with Gasteiger partial charge in [-0.25, -0.2) is 4.79 Å². The molecular formula is C50H99NO6. The van der Waals surface area contributed by atoms with Gasteiger partial charge in [-0.15, -0.1) is 0 Å². The van der Waals surface area contributed by atoms with Crippen molar-refractivity contribution in [3.8, 4) is 0 Å². The van der Waals surface area contributed by atoms with Gasteiger partial charge in [0.1, 0.15) is 0 Å². The third kappa shape index (κ3) is 39.9. The van der Waals surface area contributed by atoms with E-state index >= 15 is 0 Å². The van der Waals surface area contributed by atoms with E-state index in [1.54, 1.807) is 4.90 Å². The van der Waals surface area contributed by atoms with Crippen LogP contribution in [0, 0.1) is 11.8 Å². The van der Waals surface area contributed by atoms with Gasteiger partial charge in [-0.05, 0) is 50.4 Å². The fourth-order valence-corrected chi connectivity index (χ4v) is 8.12. The van der Waals surface area contributed by atoms with E-state index < -0.39 is 0 Å². The molecule has 0 aliphatic carbocycles. The first-order valence-electron chi connectivity index (χ1n) is 25.3. The number of aliphatic hydroxyl groups is 1. The summed E-state index contributed by atoms with van der Waals surface area (Å²) in [7, 11) is 0. The predicted octanol–water partition coefficient (Wildman–Crippen LogP) is 14.9. The molecule has 2 atom stereocenters. The predicted molar refractivity (Wildman–Crippen MR) is 243 cm³/mol. The molecule has 0 saturated carbocycles. The summed E-state index contributed by atoms with van der Waals surface area (Å²) in [6.07, 6.45) is 42.9. The van der Waals surface area contributed by atoms with Crippen LogP contribution in [0.3, 0.4) is 0 Å². The number of carbonyl (C=O) groups excluding carboxylic acids is 2. The van der Waals surface area contributed by atoms with Crippen molar-refractivity contribution in [2.24, 2.45) is 11.8 Å². The lowest BCUT2D eigenvalue weighted by molar-refractivity contribution is -0.145. The molecule has 0 rings (SSSR count). The number of unbranched alkanes of at least 4 members (excludes halogenated alkanes) is 23. The van der Waals surface area contributed by atoms with Gasteiger partial charge in [-0.1, -0.05) is 207 Å². The lowest BCUT2D eigenvalue weighted by atomic mass is 9.89. The summed E-state index contributed by atoms with van der Waals surface area (Å²) in [6, 6.07) is 0. The van der Waals surface area contributed by atoms with Crippen molar-refractivity contribution in [3.63, 3.8) is 0 Å². The normalized spacial score (nSPS) is 12.5. The van der Waals surface area contributed by atoms with Gasteiger partial charge in [0.25, 0.3) is 0 Å². The van der Waals surface area contributed by atoms with E-state index in [0.717, 1.165) is 57.3 Å². The van der Waals surface area contributed by atoms with Crippen molar-refractivity contribution in [1.82, 2.24) is 4.90 Å². The van der Waals surface area contributed by atoms with Crippen molar-refractivity contribution in [3.05, 3.63) is 0 Å². The number of amides is 1. The summed E-state index contributed by atoms with van der Waals surface area (Å²) >= 11 is 0. The molecule has 340 valence electrons. The van der Waals surface area contributed by atoms with Crippen molar-refractivity contribution in [2.75, 3.05) is 46.1 Å². The second-order valence-corrected chi connectivity index (χ2v) is 17.4. The highest BCUT2D eigenvalue weighted by molar-refractivity contribution is 5.69. The van der Waals surface area contributed by atoms with Crippen molar-refractivity contribution in [2.45, 2.75) is 252 Å². The summed E-state index contributed by atoms with van der Waals surface area (Å²) in [5.41, 5.74) is 0. The Balaban J connectivity index is 4.38. The fraction of sp³-hybridized carbons (Fsp3) is 0.960. The van der Waals surface area contributed by atoms with Crippen LogP contribution in [0.4, 0.5) is 4.79 Å². The number of rotatable bonds is 46. The van der Waals surface area contributed by atoms with Crippen LogP contribution in [0.5, 0.6) is 0 Å². The third-order valence-electron chi connectivity index (χ3n) is 11.9. The summed E-state index contributed by atoms with van der Waals surface area (Å²) in [5.74, 6) is 1.34. The molecule has 0 spiro atoms. The van der Waals surface area contributed by atoms with E-state index in [0.29, 0.717) is 45.2 Å². The van der Waals surface area contributed by atoms with Crippen LogP contribution in [-0.4, -0.2) is 68.2 Å². The Bertz CT molecular complexity index is 825. The Labute approximate surface area is 355 Å². The minimum Gasteiger partial charge on any atom is -0.466 e. The Hall–Kier alpha value is -1.34. The molecule has 57 heavy (non-hydrogen) atoms. The lowest BCUT2D eigenvalue weighted by Gasteiger charge is -2.22. The van der Waals surface area contributed by atoms with Gasteiger partial charge >= 0.3 is 12.1 Å². The van der Waals surface area contributed by atoms with Gasteiger partial charge in [0.2, 0.25) is 0 Å². The molecule has 7 nitrogen and oxygen atoms in total. The topological polar surface area (TPSA) is 85.3 Å². The number of aliphatic hydroxyl groups excluding tert-OH is 1. The zero-order valence-electron chi connectivity index (χ0n) is 38.8. The van der Waals surface area contributed by atoms with E-state index in [-0.39, 0.29) is 25.3 Å². The number of ether oxygens (including phenoxy) is 3. The van der Waals surface area contributed by atoms with Gasteiger partial charge in [0, 0.05) is 19.5 Å². The molecule has 1 N–H and O–H groups in total. The maximum atomic E-state index is 13.0. The molecule has 0 aliphatic rings.